The molecule has 152 valence electrons. The summed E-state index contributed by atoms with van der Waals surface area (Å²) in [6, 6.07) is -0.0769. The Kier molecular flexibility index (Phi) is 7.22. The highest BCUT2D eigenvalue weighted by Gasteiger charge is 2.30. The summed E-state index contributed by atoms with van der Waals surface area (Å²) in [5, 5.41) is 5.83. The van der Waals surface area contributed by atoms with E-state index < -0.39 is 11.7 Å². The van der Waals surface area contributed by atoms with Gasteiger partial charge in [0.25, 0.3) is 0 Å². The van der Waals surface area contributed by atoms with Gasteiger partial charge in [0, 0.05) is 37.5 Å². The molecule has 1 aliphatic rings. The minimum atomic E-state index is -0.540. The maximum atomic E-state index is 12.9. The van der Waals surface area contributed by atoms with Gasteiger partial charge in [0.05, 0.1) is 23.2 Å². The van der Waals surface area contributed by atoms with E-state index >= 15 is 0 Å². The second kappa shape index (κ2) is 9.01. The van der Waals surface area contributed by atoms with Crippen LogP contribution in [0.25, 0.3) is 0 Å². The third kappa shape index (κ3) is 6.77. The Morgan fingerprint density at radius 2 is 2.07 bits per heavy atom. The number of amides is 2. The number of hydrogen-bond donors (Lipinski definition) is 1. The summed E-state index contributed by atoms with van der Waals surface area (Å²) in [7, 11) is 2.03. The maximum absolute atomic E-state index is 12.9. The Hall–Kier alpha value is -1.67. The number of nitrogens with zero attached hydrogens (tertiary/aromatic N) is 3. The Bertz CT molecular complexity index is 654. The minimum absolute atomic E-state index is 0.0553. The van der Waals surface area contributed by atoms with Crippen LogP contribution in [0.4, 0.5) is 4.79 Å². The monoisotopic (exact) mass is 396 g/mol. The van der Waals surface area contributed by atoms with Crippen molar-refractivity contribution in [2.75, 3.05) is 33.2 Å². The van der Waals surface area contributed by atoms with Crippen molar-refractivity contribution in [1.29, 1.82) is 0 Å². The molecule has 0 unspecified atom stereocenters. The van der Waals surface area contributed by atoms with Gasteiger partial charge in [0.2, 0.25) is 5.91 Å². The van der Waals surface area contributed by atoms with E-state index in [-0.39, 0.29) is 11.9 Å². The van der Waals surface area contributed by atoms with Crippen LogP contribution in [-0.4, -0.2) is 71.7 Å². The van der Waals surface area contributed by atoms with Gasteiger partial charge in [-0.2, -0.15) is 0 Å². The van der Waals surface area contributed by atoms with Gasteiger partial charge in [-0.05, 0) is 27.8 Å². The van der Waals surface area contributed by atoms with Crippen LogP contribution in [0.1, 0.15) is 51.2 Å². The number of aromatic nitrogens is 1. The SMILES string of the molecule is CC(C)c1nc(CC(=O)N2CCN(C)C[C@H]2CNC(=O)OC(C)(C)C)cs1. The highest BCUT2D eigenvalue weighted by Crippen LogP contribution is 2.20. The molecule has 1 saturated heterocycles. The lowest BCUT2D eigenvalue weighted by molar-refractivity contribution is -0.135. The Morgan fingerprint density at radius 1 is 1.37 bits per heavy atom. The van der Waals surface area contributed by atoms with Crippen molar-refractivity contribution < 1.29 is 14.3 Å². The fourth-order valence-electron chi connectivity index (χ4n) is 2.95. The summed E-state index contributed by atoms with van der Waals surface area (Å²) >= 11 is 1.60. The molecule has 0 spiro atoms. The fraction of sp³-hybridized carbons (Fsp3) is 0.737. The van der Waals surface area contributed by atoms with Gasteiger partial charge in [0.15, 0.2) is 0 Å². The molecular weight excluding hydrogens is 364 g/mol. The van der Waals surface area contributed by atoms with Crippen LogP contribution in [-0.2, 0) is 16.0 Å². The van der Waals surface area contributed by atoms with Crippen LogP contribution in [0.3, 0.4) is 0 Å². The second-order valence-electron chi connectivity index (χ2n) is 8.39. The first-order valence-corrected chi connectivity index (χ1v) is 10.3. The average Bonchev–Trinajstić information content (AvgIpc) is 3.00. The maximum Gasteiger partial charge on any atom is 0.407 e. The summed E-state index contributed by atoms with van der Waals surface area (Å²) < 4.78 is 5.30. The molecule has 8 heteroatoms. The minimum Gasteiger partial charge on any atom is -0.444 e. The number of carbonyl (C=O) groups is 2. The molecule has 27 heavy (non-hydrogen) atoms. The summed E-state index contributed by atoms with van der Waals surface area (Å²) in [4.78, 5) is 33.4. The van der Waals surface area contributed by atoms with Crippen molar-refractivity contribution >= 4 is 23.3 Å². The highest BCUT2D eigenvalue weighted by atomic mass is 32.1. The van der Waals surface area contributed by atoms with Crippen LogP contribution >= 0.6 is 11.3 Å². The van der Waals surface area contributed by atoms with Gasteiger partial charge in [0.1, 0.15) is 5.60 Å². The molecule has 0 saturated carbocycles. The Labute approximate surface area is 166 Å². The van der Waals surface area contributed by atoms with Crippen molar-refractivity contribution in [3.63, 3.8) is 0 Å². The van der Waals surface area contributed by atoms with Gasteiger partial charge in [-0.15, -0.1) is 11.3 Å². The molecule has 0 aliphatic carbocycles. The smallest absolute Gasteiger partial charge is 0.407 e. The lowest BCUT2D eigenvalue weighted by Crippen LogP contribution is -2.58. The molecule has 1 aliphatic heterocycles. The molecule has 0 aromatic carbocycles. The van der Waals surface area contributed by atoms with E-state index in [2.05, 4.69) is 29.0 Å². The molecule has 2 rings (SSSR count). The predicted octanol–water partition coefficient (Wildman–Crippen LogP) is 2.48. The molecule has 1 N–H and O–H groups in total. The van der Waals surface area contributed by atoms with Gasteiger partial charge < -0.3 is 19.9 Å². The number of alkyl carbamates (subject to hydrolysis) is 1. The number of likely N-dealkylation sites (N-methyl/N-ethyl adjacent to an activating group) is 1. The second-order valence-corrected chi connectivity index (χ2v) is 9.28. The zero-order valence-electron chi connectivity index (χ0n) is 17.2. The topological polar surface area (TPSA) is 74.8 Å². The Balaban J connectivity index is 1.96. The van der Waals surface area contributed by atoms with E-state index in [1.165, 1.54) is 0 Å². The Morgan fingerprint density at radius 3 is 2.67 bits per heavy atom. The predicted molar refractivity (Wildman–Crippen MR) is 107 cm³/mol. The lowest BCUT2D eigenvalue weighted by Gasteiger charge is -2.40. The molecule has 1 aromatic heterocycles. The van der Waals surface area contributed by atoms with E-state index in [1.54, 1.807) is 11.3 Å². The number of nitrogens with one attached hydrogen (secondary N) is 1. The van der Waals surface area contributed by atoms with Crippen molar-refractivity contribution in [2.45, 2.75) is 58.6 Å². The number of ether oxygens (including phenoxy) is 1. The first kappa shape index (κ1) is 21.6. The zero-order chi connectivity index (χ0) is 20.2. The lowest BCUT2D eigenvalue weighted by atomic mass is 10.1. The van der Waals surface area contributed by atoms with E-state index in [1.807, 2.05) is 38.1 Å². The normalized spacial score (nSPS) is 18.6. The number of thiazole rings is 1. The average molecular weight is 397 g/mol. The summed E-state index contributed by atoms with van der Waals surface area (Å²) in [5.74, 6) is 0.424. The van der Waals surface area contributed by atoms with Gasteiger partial charge in [-0.25, -0.2) is 9.78 Å². The van der Waals surface area contributed by atoms with Crippen LogP contribution < -0.4 is 5.32 Å². The molecule has 0 bridgehead atoms. The number of rotatable bonds is 5. The number of piperazine rings is 1. The highest BCUT2D eigenvalue weighted by molar-refractivity contribution is 7.09. The van der Waals surface area contributed by atoms with Crippen molar-refractivity contribution in [2.24, 2.45) is 0 Å². The zero-order valence-corrected chi connectivity index (χ0v) is 18.1. The van der Waals surface area contributed by atoms with Crippen LogP contribution in [0.15, 0.2) is 5.38 Å². The molecule has 0 radical (unpaired) electrons. The quantitative estimate of drug-likeness (QED) is 0.828. The van der Waals surface area contributed by atoms with Crippen molar-refractivity contribution in [3.05, 3.63) is 16.1 Å². The van der Waals surface area contributed by atoms with Crippen LogP contribution in [0.5, 0.6) is 0 Å². The van der Waals surface area contributed by atoms with E-state index in [0.29, 0.717) is 25.4 Å². The molecular formula is C19H32N4O3S. The van der Waals surface area contributed by atoms with E-state index in [4.69, 9.17) is 4.74 Å². The first-order chi connectivity index (χ1) is 12.5. The summed E-state index contributed by atoms with van der Waals surface area (Å²) in [6.45, 7) is 12.3. The van der Waals surface area contributed by atoms with Crippen LogP contribution in [0.2, 0.25) is 0 Å². The largest absolute Gasteiger partial charge is 0.444 e. The third-order valence-electron chi connectivity index (χ3n) is 4.28. The standard InChI is InChI=1S/C19H32N4O3S/c1-13(2)17-21-14(12-27-17)9-16(24)23-8-7-22(6)11-15(23)10-20-18(25)26-19(3,4)5/h12-13,15H,7-11H2,1-6H3,(H,20,25)/t15-/m1/s1. The van der Waals surface area contributed by atoms with E-state index in [9.17, 15) is 9.59 Å². The first-order valence-electron chi connectivity index (χ1n) is 9.44. The molecule has 2 amide bonds. The van der Waals surface area contributed by atoms with Crippen molar-refractivity contribution in [1.82, 2.24) is 20.1 Å². The molecule has 1 fully saturated rings. The molecule has 1 aromatic rings. The number of hydrogen-bond acceptors (Lipinski definition) is 6. The molecule has 7 nitrogen and oxygen atoms in total. The fourth-order valence-corrected chi connectivity index (χ4v) is 3.79. The molecule has 1 atom stereocenters. The van der Waals surface area contributed by atoms with Gasteiger partial charge in [-0.3, -0.25) is 4.79 Å². The van der Waals surface area contributed by atoms with Crippen LogP contribution in [0, 0.1) is 0 Å². The summed E-state index contributed by atoms with van der Waals surface area (Å²) in [5.41, 5.74) is 0.285. The van der Waals surface area contributed by atoms with Gasteiger partial charge in [-0.1, -0.05) is 13.8 Å². The summed E-state index contributed by atoms with van der Waals surface area (Å²) in [6.07, 6.45) is -0.153. The van der Waals surface area contributed by atoms with Gasteiger partial charge >= 0.3 is 6.09 Å². The number of carbonyl (C=O) groups excluding carboxylic acids is 2. The molecule has 2 heterocycles. The third-order valence-corrected chi connectivity index (χ3v) is 5.48. The van der Waals surface area contributed by atoms with Crippen molar-refractivity contribution in [3.8, 4) is 0 Å². The van der Waals surface area contributed by atoms with E-state index in [0.717, 1.165) is 23.8 Å².